The van der Waals surface area contributed by atoms with E-state index < -0.39 is 11.8 Å². The quantitative estimate of drug-likeness (QED) is 0.526. The smallest absolute Gasteiger partial charge is 0.269 e. The van der Waals surface area contributed by atoms with Crippen molar-refractivity contribution in [2.75, 3.05) is 6.54 Å². The molecule has 28 heavy (non-hydrogen) atoms. The summed E-state index contributed by atoms with van der Waals surface area (Å²) in [6, 6.07) is 15.2. The Morgan fingerprint density at radius 3 is 2.25 bits per heavy atom. The number of hydrogen-bond donors (Lipinski definition) is 3. The lowest BCUT2D eigenvalue weighted by Crippen LogP contribution is -2.42. The maximum Gasteiger partial charge on any atom is 0.269 e. The van der Waals surface area contributed by atoms with E-state index in [2.05, 4.69) is 31.7 Å². The topological polar surface area (TPSA) is 131 Å². The summed E-state index contributed by atoms with van der Waals surface area (Å²) in [5.74, 6) is -1.16. The number of carbonyl (C=O) groups is 3. The minimum Gasteiger partial charge on any atom is -0.352 e. The van der Waals surface area contributed by atoms with Crippen molar-refractivity contribution in [1.82, 2.24) is 36.4 Å². The fourth-order valence-corrected chi connectivity index (χ4v) is 2.29. The summed E-state index contributed by atoms with van der Waals surface area (Å²) in [5, 5.41) is 13.5. The highest BCUT2D eigenvalue weighted by atomic mass is 16.2. The van der Waals surface area contributed by atoms with Crippen molar-refractivity contribution in [3.8, 4) is 5.69 Å². The first-order chi connectivity index (χ1) is 13.6. The van der Waals surface area contributed by atoms with Gasteiger partial charge in [-0.15, -0.1) is 5.10 Å². The Hall–Kier alpha value is -4.08. The molecule has 3 amide bonds. The molecule has 0 saturated carbocycles. The maximum atomic E-state index is 12.1. The summed E-state index contributed by atoms with van der Waals surface area (Å²) >= 11 is 0. The highest BCUT2D eigenvalue weighted by molar-refractivity contribution is 5.96. The SMILES string of the molecule is O=C(CCNC(=O)c1ccccc1)NNC(=O)c1ccc(-n2cnnn2)cc1. The third-order valence-electron chi connectivity index (χ3n) is 3.73. The van der Waals surface area contributed by atoms with Gasteiger partial charge in [0, 0.05) is 24.1 Å². The normalized spacial score (nSPS) is 10.1. The number of tetrazole rings is 1. The van der Waals surface area contributed by atoms with Gasteiger partial charge in [-0.25, -0.2) is 4.68 Å². The van der Waals surface area contributed by atoms with Crippen LogP contribution in [0.5, 0.6) is 0 Å². The van der Waals surface area contributed by atoms with Crippen molar-refractivity contribution >= 4 is 17.7 Å². The molecule has 3 aromatic rings. The molecule has 0 saturated heterocycles. The number of benzene rings is 2. The van der Waals surface area contributed by atoms with E-state index in [9.17, 15) is 14.4 Å². The fourth-order valence-electron chi connectivity index (χ4n) is 2.29. The molecule has 0 radical (unpaired) electrons. The number of rotatable bonds is 6. The number of hydrogen-bond acceptors (Lipinski definition) is 6. The van der Waals surface area contributed by atoms with Gasteiger partial charge in [-0.1, -0.05) is 18.2 Å². The molecular weight excluding hydrogens is 362 g/mol. The Labute approximate surface area is 159 Å². The summed E-state index contributed by atoms with van der Waals surface area (Å²) in [6.45, 7) is 0.149. The minimum absolute atomic E-state index is 0.0249. The molecule has 3 rings (SSSR count). The number of aromatic nitrogens is 4. The van der Waals surface area contributed by atoms with Crippen molar-refractivity contribution < 1.29 is 14.4 Å². The zero-order chi connectivity index (χ0) is 19.8. The van der Waals surface area contributed by atoms with Crippen LogP contribution in [0.3, 0.4) is 0 Å². The summed E-state index contributed by atoms with van der Waals surface area (Å²) in [4.78, 5) is 35.7. The van der Waals surface area contributed by atoms with Crippen molar-refractivity contribution in [2.24, 2.45) is 0 Å². The second kappa shape index (κ2) is 9.03. The fraction of sp³-hybridized carbons (Fsp3) is 0.111. The van der Waals surface area contributed by atoms with E-state index in [-0.39, 0.29) is 18.9 Å². The van der Waals surface area contributed by atoms with E-state index in [0.717, 1.165) is 0 Å². The van der Waals surface area contributed by atoms with E-state index >= 15 is 0 Å². The van der Waals surface area contributed by atoms with Gasteiger partial charge in [-0.2, -0.15) is 0 Å². The average molecular weight is 379 g/mol. The lowest BCUT2D eigenvalue weighted by atomic mass is 10.2. The molecule has 3 N–H and O–H groups in total. The first-order valence-electron chi connectivity index (χ1n) is 8.39. The molecule has 0 aliphatic carbocycles. The molecule has 1 heterocycles. The highest BCUT2D eigenvalue weighted by Gasteiger charge is 2.09. The summed E-state index contributed by atoms with van der Waals surface area (Å²) in [5.41, 5.74) is 6.20. The summed E-state index contributed by atoms with van der Waals surface area (Å²) < 4.78 is 1.45. The third-order valence-corrected chi connectivity index (χ3v) is 3.73. The largest absolute Gasteiger partial charge is 0.352 e. The van der Waals surface area contributed by atoms with Gasteiger partial charge in [0.1, 0.15) is 6.33 Å². The Kier molecular flexibility index (Phi) is 6.03. The predicted molar refractivity (Wildman–Crippen MR) is 98.2 cm³/mol. The lowest BCUT2D eigenvalue weighted by Gasteiger charge is -2.09. The Morgan fingerprint density at radius 1 is 0.857 bits per heavy atom. The Morgan fingerprint density at radius 2 is 1.57 bits per heavy atom. The monoisotopic (exact) mass is 379 g/mol. The van der Waals surface area contributed by atoms with Crippen molar-refractivity contribution in [2.45, 2.75) is 6.42 Å². The zero-order valence-corrected chi connectivity index (χ0v) is 14.7. The molecule has 0 unspecified atom stereocenters. The van der Waals surface area contributed by atoms with Gasteiger partial charge in [0.2, 0.25) is 5.91 Å². The van der Waals surface area contributed by atoms with Gasteiger partial charge in [0.05, 0.1) is 5.69 Å². The van der Waals surface area contributed by atoms with Crippen LogP contribution in [0.2, 0.25) is 0 Å². The van der Waals surface area contributed by atoms with Crippen LogP contribution in [-0.4, -0.2) is 44.5 Å². The molecule has 142 valence electrons. The van der Waals surface area contributed by atoms with Crippen LogP contribution in [0, 0.1) is 0 Å². The van der Waals surface area contributed by atoms with E-state index in [1.54, 1.807) is 48.5 Å². The van der Waals surface area contributed by atoms with Crippen molar-refractivity contribution in [1.29, 1.82) is 0 Å². The van der Waals surface area contributed by atoms with Gasteiger partial charge < -0.3 is 5.32 Å². The van der Waals surface area contributed by atoms with Crippen LogP contribution in [-0.2, 0) is 4.79 Å². The zero-order valence-electron chi connectivity index (χ0n) is 14.7. The second-order valence-corrected chi connectivity index (χ2v) is 5.68. The van der Waals surface area contributed by atoms with Crippen LogP contribution in [0.25, 0.3) is 5.69 Å². The molecular formula is C18H17N7O3. The van der Waals surface area contributed by atoms with E-state index in [1.807, 2.05) is 6.07 Å². The van der Waals surface area contributed by atoms with Gasteiger partial charge >= 0.3 is 0 Å². The standard InChI is InChI=1S/C18H17N7O3/c26-16(10-11-19-17(27)13-4-2-1-3-5-13)21-22-18(28)14-6-8-15(9-7-14)25-12-20-23-24-25/h1-9,12H,10-11H2,(H,19,27)(H,21,26)(H,22,28). The van der Waals surface area contributed by atoms with Gasteiger partial charge in [0.15, 0.2) is 0 Å². The van der Waals surface area contributed by atoms with Crippen LogP contribution < -0.4 is 16.2 Å². The van der Waals surface area contributed by atoms with Gasteiger partial charge in [-0.05, 0) is 46.8 Å². The number of carbonyl (C=O) groups excluding carboxylic acids is 3. The van der Waals surface area contributed by atoms with Gasteiger partial charge in [0.25, 0.3) is 11.8 Å². The average Bonchev–Trinajstić information content (AvgIpc) is 3.27. The first-order valence-corrected chi connectivity index (χ1v) is 8.39. The first kappa shape index (κ1) is 18.7. The van der Waals surface area contributed by atoms with E-state index in [1.165, 1.54) is 11.0 Å². The van der Waals surface area contributed by atoms with E-state index in [4.69, 9.17) is 0 Å². The molecule has 0 spiro atoms. The number of hydrazine groups is 1. The van der Waals surface area contributed by atoms with Crippen molar-refractivity contribution in [3.05, 3.63) is 72.1 Å². The molecule has 0 aliphatic rings. The molecule has 0 fully saturated rings. The van der Waals surface area contributed by atoms with Crippen LogP contribution in [0.4, 0.5) is 0 Å². The molecule has 10 nitrogen and oxygen atoms in total. The summed E-state index contributed by atoms with van der Waals surface area (Å²) in [6.07, 6.45) is 1.46. The predicted octanol–water partition coefficient (Wildman–Crippen LogP) is 0.243. The second-order valence-electron chi connectivity index (χ2n) is 5.68. The van der Waals surface area contributed by atoms with Crippen LogP contribution in [0.1, 0.15) is 27.1 Å². The maximum absolute atomic E-state index is 12.1. The Bertz CT molecular complexity index is 941. The van der Waals surface area contributed by atoms with Gasteiger partial charge in [-0.3, -0.25) is 25.2 Å². The van der Waals surface area contributed by atoms with Crippen LogP contribution in [0.15, 0.2) is 60.9 Å². The van der Waals surface area contributed by atoms with E-state index in [0.29, 0.717) is 16.8 Å². The summed E-state index contributed by atoms with van der Waals surface area (Å²) in [7, 11) is 0. The molecule has 10 heteroatoms. The van der Waals surface area contributed by atoms with Crippen LogP contribution >= 0.6 is 0 Å². The molecule has 0 bridgehead atoms. The van der Waals surface area contributed by atoms with Crippen molar-refractivity contribution in [3.63, 3.8) is 0 Å². The third kappa shape index (κ3) is 4.97. The minimum atomic E-state index is -0.468. The number of amides is 3. The molecule has 0 aliphatic heterocycles. The lowest BCUT2D eigenvalue weighted by molar-refractivity contribution is -0.121. The molecule has 1 aromatic heterocycles. The molecule has 0 atom stereocenters. The highest BCUT2D eigenvalue weighted by Crippen LogP contribution is 2.07. The molecule has 2 aromatic carbocycles. The Balaban J connectivity index is 1.40. The number of nitrogens with one attached hydrogen (secondary N) is 3. The number of nitrogens with zero attached hydrogens (tertiary/aromatic N) is 4.